The van der Waals surface area contributed by atoms with Gasteiger partial charge in [-0.15, -0.1) is 0 Å². The summed E-state index contributed by atoms with van der Waals surface area (Å²) in [4.78, 5) is 20.7. The van der Waals surface area contributed by atoms with Crippen LogP contribution in [0.5, 0.6) is 0 Å². The number of carbonyl (C=O) groups is 1. The minimum absolute atomic E-state index is 0.122. The van der Waals surface area contributed by atoms with Crippen LogP contribution in [0, 0.1) is 0 Å². The zero-order chi connectivity index (χ0) is 16.5. The van der Waals surface area contributed by atoms with E-state index in [2.05, 4.69) is 38.0 Å². The van der Waals surface area contributed by atoms with Gasteiger partial charge in [-0.05, 0) is 47.0 Å². The standard InChI is InChI=1S/C16H30N4O2/c1-12(2)20-13(21)9-19(11-15(20,3)4)14(17-5)18-10-16(22)7-6-8-16/h12,22H,6-11H2,1-5H3,(H,17,18). The van der Waals surface area contributed by atoms with Crippen molar-refractivity contribution >= 4 is 11.9 Å². The molecule has 1 saturated heterocycles. The first-order valence-electron chi connectivity index (χ1n) is 8.19. The quantitative estimate of drug-likeness (QED) is 0.598. The van der Waals surface area contributed by atoms with Gasteiger partial charge >= 0.3 is 0 Å². The number of aliphatic hydroxyl groups is 1. The van der Waals surface area contributed by atoms with Crippen molar-refractivity contribution in [3.8, 4) is 0 Å². The van der Waals surface area contributed by atoms with Crippen LogP contribution in [-0.2, 0) is 4.79 Å². The molecule has 2 N–H and O–H groups in total. The smallest absolute Gasteiger partial charge is 0.242 e. The molecule has 2 aliphatic rings. The lowest BCUT2D eigenvalue weighted by molar-refractivity contribution is -0.145. The second kappa shape index (κ2) is 6.07. The lowest BCUT2D eigenvalue weighted by Crippen LogP contribution is -2.66. The minimum Gasteiger partial charge on any atom is -0.388 e. The molecule has 1 aliphatic heterocycles. The Balaban J connectivity index is 2.03. The zero-order valence-electron chi connectivity index (χ0n) is 14.5. The number of nitrogens with zero attached hydrogens (tertiary/aromatic N) is 3. The van der Waals surface area contributed by atoms with E-state index in [1.807, 2.05) is 9.80 Å². The third-order valence-corrected chi connectivity index (χ3v) is 4.71. The molecule has 0 aromatic rings. The van der Waals surface area contributed by atoms with E-state index in [9.17, 15) is 9.90 Å². The van der Waals surface area contributed by atoms with Crippen molar-refractivity contribution in [2.75, 3.05) is 26.7 Å². The SMILES string of the molecule is CN=C(NCC1(O)CCC1)N1CC(=O)N(C(C)C)C(C)(C)C1. The number of piperazine rings is 1. The van der Waals surface area contributed by atoms with Crippen molar-refractivity contribution in [3.63, 3.8) is 0 Å². The number of guanidine groups is 1. The molecule has 0 spiro atoms. The molecule has 1 heterocycles. The summed E-state index contributed by atoms with van der Waals surface area (Å²) in [5, 5.41) is 13.5. The first kappa shape index (κ1) is 17.1. The minimum atomic E-state index is -0.602. The van der Waals surface area contributed by atoms with Crippen LogP contribution in [0.2, 0.25) is 0 Å². The van der Waals surface area contributed by atoms with Gasteiger partial charge < -0.3 is 20.2 Å². The molecule has 0 atom stereocenters. The lowest BCUT2D eigenvalue weighted by Gasteiger charge is -2.49. The van der Waals surface area contributed by atoms with Gasteiger partial charge in [0.25, 0.3) is 0 Å². The topological polar surface area (TPSA) is 68.2 Å². The van der Waals surface area contributed by atoms with Crippen LogP contribution >= 0.6 is 0 Å². The van der Waals surface area contributed by atoms with Gasteiger partial charge in [-0.3, -0.25) is 9.79 Å². The summed E-state index contributed by atoms with van der Waals surface area (Å²) in [6.45, 7) is 9.84. The fourth-order valence-corrected chi connectivity index (χ4v) is 3.65. The monoisotopic (exact) mass is 310 g/mol. The highest BCUT2D eigenvalue weighted by molar-refractivity contribution is 5.88. The van der Waals surface area contributed by atoms with Crippen LogP contribution in [-0.4, -0.2) is 70.6 Å². The molecular weight excluding hydrogens is 280 g/mol. The van der Waals surface area contributed by atoms with E-state index < -0.39 is 5.60 Å². The molecule has 1 aliphatic carbocycles. The van der Waals surface area contributed by atoms with Crippen LogP contribution in [0.1, 0.15) is 47.0 Å². The highest BCUT2D eigenvalue weighted by Gasteiger charge is 2.41. The molecular formula is C16H30N4O2. The second-order valence-corrected chi connectivity index (χ2v) is 7.50. The zero-order valence-corrected chi connectivity index (χ0v) is 14.5. The Kier molecular flexibility index (Phi) is 4.70. The maximum Gasteiger partial charge on any atom is 0.242 e. The van der Waals surface area contributed by atoms with Crippen molar-refractivity contribution in [2.24, 2.45) is 4.99 Å². The Morgan fingerprint density at radius 1 is 1.41 bits per heavy atom. The average Bonchev–Trinajstić information content (AvgIpc) is 2.34. The van der Waals surface area contributed by atoms with E-state index >= 15 is 0 Å². The van der Waals surface area contributed by atoms with Gasteiger partial charge in [0.2, 0.25) is 5.91 Å². The number of hydrogen-bond acceptors (Lipinski definition) is 3. The van der Waals surface area contributed by atoms with Gasteiger partial charge in [0.05, 0.1) is 17.7 Å². The van der Waals surface area contributed by atoms with Crippen LogP contribution in [0.4, 0.5) is 0 Å². The fourth-order valence-electron chi connectivity index (χ4n) is 3.65. The van der Waals surface area contributed by atoms with E-state index in [1.165, 1.54) is 0 Å². The number of aliphatic imine (C=N–C) groups is 1. The number of amides is 1. The normalized spacial score (nSPS) is 24.5. The Labute approximate surface area is 133 Å². The predicted molar refractivity (Wildman–Crippen MR) is 87.8 cm³/mol. The van der Waals surface area contributed by atoms with Gasteiger partial charge in [0.1, 0.15) is 0 Å². The summed E-state index contributed by atoms with van der Waals surface area (Å²) >= 11 is 0. The Morgan fingerprint density at radius 3 is 2.45 bits per heavy atom. The third kappa shape index (κ3) is 3.37. The highest BCUT2D eigenvalue weighted by Crippen LogP contribution is 2.31. The maximum absolute atomic E-state index is 12.5. The van der Waals surface area contributed by atoms with E-state index in [4.69, 9.17) is 0 Å². The van der Waals surface area contributed by atoms with Gasteiger partial charge in [-0.1, -0.05) is 0 Å². The molecule has 2 fully saturated rings. The Morgan fingerprint density at radius 2 is 2.05 bits per heavy atom. The third-order valence-electron chi connectivity index (χ3n) is 4.71. The lowest BCUT2D eigenvalue weighted by atomic mass is 9.80. The van der Waals surface area contributed by atoms with E-state index in [-0.39, 0.29) is 17.5 Å². The summed E-state index contributed by atoms with van der Waals surface area (Å²) in [6.07, 6.45) is 2.75. The van der Waals surface area contributed by atoms with Crippen LogP contribution in [0.15, 0.2) is 4.99 Å². The van der Waals surface area contributed by atoms with Gasteiger partial charge in [0, 0.05) is 26.2 Å². The summed E-state index contributed by atoms with van der Waals surface area (Å²) in [6, 6.07) is 0.190. The van der Waals surface area contributed by atoms with E-state index in [1.54, 1.807) is 7.05 Å². The molecule has 6 heteroatoms. The molecule has 2 rings (SSSR count). The summed E-state index contributed by atoms with van der Waals surface area (Å²) in [5.41, 5.74) is -0.844. The fraction of sp³-hybridized carbons (Fsp3) is 0.875. The second-order valence-electron chi connectivity index (χ2n) is 7.50. The number of rotatable bonds is 3. The average molecular weight is 310 g/mol. The highest BCUT2D eigenvalue weighted by atomic mass is 16.3. The molecule has 6 nitrogen and oxygen atoms in total. The van der Waals surface area contributed by atoms with Gasteiger partial charge in [-0.2, -0.15) is 0 Å². The largest absolute Gasteiger partial charge is 0.388 e. The van der Waals surface area contributed by atoms with Crippen LogP contribution in [0.3, 0.4) is 0 Å². The van der Waals surface area contributed by atoms with Gasteiger partial charge in [-0.25, -0.2) is 0 Å². The Bertz CT molecular complexity index is 455. The molecule has 22 heavy (non-hydrogen) atoms. The molecule has 0 bridgehead atoms. The molecule has 1 saturated carbocycles. The summed E-state index contributed by atoms with van der Waals surface area (Å²) in [5.74, 6) is 0.821. The summed E-state index contributed by atoms with van der Waals surface area (Å²) in [7, 11) is 1.72. The van der Waals surface area contributed by atoms with Crippen molar-refractivity contribution < 1.29 is 9.90 Å². The molecule has 0 aromatic carbocycles. The molecule has 0 unspecified atom stereocenters. The van der Waals surface area contributed by atoms with E-state index in [0.717, 1.165) is 25.8 Å². The first-order valence-corrected chi connectivity index (χ1v) is 8.19. The van der Waals surface area contributed by atoms with Gasteiger partial charge in [0.15, 0.2) is 5.96 Å². The van der Waals surface area contributed by atoms with Crippen molar-refractivity contribution in [1.29, 1.82) is 0 Å². The van der Waals surface area contributed by atoms with E-state index in [0.29, 0.717) is 19.0 Å². The van der Waals surface area contributed by atoms with Crippen LogP contribution < -0.4 is 5.32 Å². The number of hydrogen-bond donors (Lipinski definition) is 2. The predicted octanol–water partition coefficient (Wildman–Crippen LogP) is 0.808. The molecule has 0 radical (unpaired) electrons. The molecule has 126 valence electrons. The first-order chi connectivity index (χ1) is 10.2. The maximum atomic E-state index is 12.5. The molecule has 1 amide bonds. The Hall–Kier alpha value is -1.30. The number of nitrogens with one attached hydrogen (secondary N) is 1. The molecule has 0 aromatic heterocycles. The van der Waals surface area contributed by atoms with Crippen molar-refractivity contribution in [3.05, 3.63) is 0 Å². The van der Waals surface area contributed by atoms with Crippen molar-refractivity contribution in [1.82, 2.24) is 15.1 Å². The van der Waals surface area contributed by atoms with Crippen molar-refractivity contribution in [2.45, 2.75) is 64.1 Å². The van der Waals surface area contributed by atoms with Crippen LogP contribution in [0.25, 0.3) is 0 Å². The number of carbonyl (C=O) groups excluding carboxylic acids is 1. The summed E-state index contributed by atoms with van der Waals surface area (Å²) < 4.78 is 0.